The molecule has 2 saturated heterocycles. The quantitative estimate of drug-likeness (QED) is 0.789. The van der Waals surface area contributed by atoms with Crippen LogP contribution < -0.4 is 5.32 Å². The lowest BCUT2D eigenvalue weighted by molar-refractivity contribution is 0.158. The molecule has 0 aromatic carbocycles. The number of nitrogens with zero attached hydrogens (tertiary/aromatic N) is 1. The van der Waals surface area contributed by atoms with Crippen LogP contribution in [-0.2, 0) is 0 Å². The molecule has 94 valence electrons. The minimum absolute atomic E-state index is 0.954. The minimum Gasteiger partial charge on any atom is -0.316 e. The topological polar surface area (TPSA) is 15.3 Å². The summed E-state index contributed by atoms with van der Waals surface area (Å²) < 4.78 is 0. The molecule has 0 aromatic heterocycles. The lowest BCUT2D eigenvalue weighted by Crippen LogP contribution is -2.38. The molecular weight excluding hydrogens is 196 g/mol. The van der Waals surface area contributed by atoms with Gasteiger partial charge in [0.05, 0.1) is 0 Å². The summed E-state index contributed by atoms with van der Waals surface area (Å²) in [6.45, 7) is 8.94. The third kappa shape index (κ3) is 3.74. The van der Waals surface area contributed by atoms with Gasteiger partial charge in [0, 0.05) is 6.54 Å². The fraction of sp³-hybridized carbons (Fsp3) is 1.00. The SMILES string of the molecule is CCC1CCCN(CCC2CCCNC2)C1. The second kappa shape index (κ2) is 6.61. The van der Waals surface area contributed by atoms with Crippen molar-refractivity contribution in [2.24, 2.45) is 11.8 Å². The first-order valence-corrected chi connectivity index (χ1v) is 7.31. The standard InChI is InChI=1S/C14H28N2/c1-2-13-6-4-9-16(12-13)10-7-14-5-3-8-15-11-14/h13-15H,2-12H2,1H3. The highest BCUT2D eigenvalue weighted by Gasteiger charge is 2.20. The Morgan fingerprint density at radius 2 is 2.06 bits per heavy atom. The van der Waals surface area contributed by atoms with Crippen molar-refractivity contribution in [3.63, 3.8) is 0 Å². The predicted molar refractivity (Wildman–Crippen MR) is 69.7 cm³/mol. The Kier molecular flexibility index (Phi) is 5.11. The average molecular weight is 224 g/mol. The Morgan fingerprint density at radius 1 is 1.19 bits per heavy atom. The van der Waals surface area contributed by atoms with E-state index in [1.807, 2.05) is 0 Å². The molecule has 0 bridgehead atoms. The van der Waals surface area contributed by atoms with Crippen LogP contribution in [0.4, 0.5) is 0 Å². The van der Waals surface area contributed by atoms with Crippen LogP contribution in [0.25, 0.3) is 0 Å². The van der Waals surface area contributed by atoms with Gasteiger partial charge in [0.15, 0.2) is 0 Å². The molecule has 2 atom stereocenters. The van der Waals surface area contributed by atoms with E-state index < -0.39 is 0 Å². The van der Waals surface area contributed by atoms with Gasteiger partial charge in [-0.3, -0.25) is 0 Å². The first kappa shape index (κ1) is 12.4. The molecule has 0 spiro atoms. The minimum atomic E-state index is 0.954. The number of rotatable bonds is 4. The van der Waals surface area contributed by atoms with Crippen LogP contribution >= 0.6 is 0 Å². The van der Waals surface area contributed by atoms with Crippen LogP contribution in [0.2, 0.25) is 0 Å². The molecule has 16 heavy (non-hydrogen) atoms. The van der Waals surface area contributed by atoms with Gasteiger partial charge < -0.3 is 10.2 Å². The largest absolute Gasteiger partial charge is 0.316 e. The molecule has 2 unspecified atom stereocenters. The molecule has 2 aliphatic heterocycles. The monoisotopic (exact) mass is 224 g/mol. The molecule has 2 fully saturated rings. The number of likely N-dealkylation sites (tertiary alicyclic amines) is 1. The van der Waals surface area contributed by atoms with Gasteiger partial charge in [0.1, 0.15) is 0 Å². The number of piperidine rings is 2. The smallest absolute Gasteiger partial charge is 0.000956 e. The molecule has 2 aliphatic rings. The Bertz CT molecular complexity index is 187. The molecule has 0 radical (unpaired) electrons. The molecule has 0 aromatic rings. The van der Waals surface area contributed by atoms with Gasteiger partial charge in [-0.1, -0.05) is 13.3 Å². The molecular formula is C14H28N2. The van der Waals surface area contributed by atoms with Crippen molar-refractivity contribution in [2.45, 2.75) is 45.4 Å². The Balaban J connectivity index is 1.64. The summed E-state index contributed by atoms with van der Waals surface area (Å²) in [7, 11) is 0. The van der Waals surface area contributed by atoms with Crippen molar-refractivity contribution < 1.29 is 0 Å². The van der Waals surface area contributed by atoms with Crippen molar-refractivity contribution in [1.82, 2.24) is 10.2 Å². The van der Waals surface area contributed by atoms with Crippen LogP contribution in [0.3, 0.4) is 0 Å². The zero-order chi connectivity index (χ0) is 11.2. The molecule has 0 saturated carbocycles. The van der Waals surface area contributed by atoms with Crippen LogP contribution in [-0.4, -0.2) is 37.6 Å². The van der Waals surface area contributed by atoms with E-state index >= 15 is 0 Å². The number of nitrogens with one attached hydrogen (secondary N) is 1. The molecule has 0 aliphatic carbocycles. The zero-order valence-electron chi connectivity index (χ0n) is 10.9. The summed E-state index contributed by atoms with van der Waals surface area (Å²) in [5.74, 6) is 1.94. The van der Waals surface area contributed by atoms with E-state index in [1.54, 1.807) is 0 Å². The van der Waals surface area contributed by atoms with E-state index in [4.69, 9.17) is 0 Å². The fourth-order valence-electron chi connectivity index (χ4n) is 3.22. The van der Waals surface area contributed by atoms with E-state index in [0.717, 1.165) is 11.8 Å². The first-order valence-electron chi connectivity index (χ1n) is 7.31. The number of hydrogen-bond donors (Lipinski definition) is 1. The zero-order valence-corrected chi connectivity index (χ0v) is 10.9. The fourth-order valence-corrected chi connectivity index (χ4v) is 3.22. The second-order valence-corrected chi connectivity index (χ2v) is 5.72. The highest BCUT2D eigenvalue weighted by molar-refractivity contribution is 4.75. The van der Waals surface area contributed by atoms with E-state index in [9.17, 15) is 0 Å². The second-order valence-electron chi connectivity index (χ2n) is 5.72. The normalized spacial score (nSPS) is 32.8. The Labute approximate surface area is 101 Å². The van der Waals surface area contributed by atoms with Crippen LogP contribution in [0.5, 0.6) is 0 Å². The highest BCUT2D eigenvalue weighted by atomic mass is 15.1. The Hall–Kier alpha value is -0.0800. The van der Waals surface area contributed by atoms with Gasteiger partial charge in [0.25, 0.3) is 0 Å². The van der Waals surface area contributed by atoms with E-state index in [-0.39, 0.29) is 0 Å². The maximum absolute atomic E-state index is 3.52. The van der Waals surface area contributed by atoms with E-state index in [2.05, 4.69) is 17.1 Å². The molecule has 2 heteroatoms. The van der Waals surface area contributed by atoms with Gasteiger partial charge >= 0.3 is 0 Å². The van der Waals surface area contributed by atoms with Crippen molar-refractivity contribution in [2.75, 3.05) is 32.7 Å². The summed E-state index contributed by atoms with van der Waals surface area (Å²) in [6, 6.07) is 0. The van der Waals surface area contributed by atoms with Gasteiger partial charge in [0.2, 0.25) is 0 Å². The van der Waals surface area contributed by atoms with Gasteiger partial charge in [-0.05, 0) is 70.1 Å². The van der Waals surface area contributed by atoms with E-state index in [0.29, 0.717) is 0 Å². The summed E-state index contributed by atoms with van der Waals surface area (Å²) in [5.41, 5.74) is 0. The molecule has 2 heterocycles. The van der Waals surface area contributed by atoms with Gasteiger partial charge in [-0.2, -0.15) is 0 Å². The maximum atomic E-state index is 3.52. The van der Waals surface area contributed by atoms with Crippen LogP contribution in [0.1, 0.15) is 45.4 Å². The maximum Gasteiger partial charge on any atom is 0.000956 e. The van der Waals surface area contributed by atoms with E-state index in [1.165, 1.54) is 71.2 Å². The summed E-state index contributed by atoms with van der Waals surface area (Å²) in [4.78, 5) is 2.71. The predicted octanol–water partition coefficient (Wildman–Crippen LogP) is 2.50. The highest BCUT2D eigenvalue weighted by Crippen LogP contribution is 2.21. The molecule has 0 amide bonds. The molecule has 2 nitrogen and oxygen atoms in total. The van der Waals surface area contributed by atoms with Crippen LogP contribution in [0, 0.1) is 11.8 Å². The summed E-state index contributed by atoms with van der Waals surface area (Å²) in [6.07, 6.45) is 8.55. The van der Waals surface area contributed by atoms with Crippen molar-refractivity contribution in [1.29, 1.82) is 0 Å². The molecule has 1 N–H and O–H groups in total. The average Bonchev–Trinajstić information content (AvgIpc) is 2.38. The van der Waals surface area contributed by atoms with Crippen molar-refractivity contribution >= 4 is 0 Å². The Morgan fingerprint density at radius 3 is 2.81 bits per heavy atom. The summed E-state index contributed by atoms with van der Waals surface area (Å²) >= 11 is 0. The van der Waals surface area contributed by atoms with Crippen molar-refractivity contribution in [3.05, 3.63) is 0 Å². The summed E-state index contributed by atoms with van der Waals surface area (Å²) in [5, 5.41) is 3.52. The molecule has 2 rings (SSSR count). The van der Waals surface area contributed by atoms with Crippen molar-refractivity contribution in [3.8, 4) is 0 Å². The third-order valence-corrected chi connectivity index (χ3v) is 4.43. The lowest BCUT2D eigenvalue weighted by Gasteiger charge is -2.33. The third-order valence-electron chi connectivity index (χ3n) is 4.43. The van der Waals surface area contributed by atoms with Gasteiger partial charge in [-0.15, -0.1) is 0 Å². The first-order chi connectivity index (χ1) is 7.88. The van der Waals surface area contributed by atoms with Crippen LogP contribution in [0.15, 0.2) is 0 Å². The lowest BCUT2D eigenvalue weighted by atomic mass is 9.93. The van der Waals surface area contributed by atoms with Gasteiger partial charge in [-0.25, -0.2) is 0 Å². The number of hydrogen-bond acceptors (Lipinski definition) is 2.